The second-order valence-electron chi connectivity index (χ2n) is 5.21. The van der Waals surface area contributed by atoms with Crippen LogP contribution in [0.4, 0.5) is 5.69 Å². The number of anilines is 1. The van der Waals surface area contributed by atoms with E-state index < -0.39 is 6.10 Å². The zero-order chi connectivity index (χ0) is 16.1. The minimum Gasteiger partial charge on any atom is -0.481 e. The lowest BCUT2D eigenvalue weighted by molar-refractivity contribution is -0.122. The van der Waals surface area contributed by atoms with Gasteiger partial charge in [-0.3, -0.25) is 4.79 Å². The summed E-state index contributed by atoms with van der Waals surface area (Å²) in [6, 6.07) is 14.6. The molecular weight excluding hydrogens is 276 g/mol. The first-order valence-electron chi connectivity index (χ1n) is 7.04. The third kappa shape index (κ3) is 3.86. The van der Waals surface area contributed by atoms with E-state index in [2.05, 4.69) is 5.32 Å². The van der Waals surface area contributed by atoms with Gasteiger partial charge >= 0.3 is 0 Å². The molecule has 0 radical (unpaired) electrons. The van der Waals surface area contributed by atoms with Gasteiger partial charge in [0, 0.05) is 5.69 Å². The van der Waals surface area contributed by atoms with E-state index in [1.54, 1.807) is 31.2 Å². The van der Waals surface area contributed by atoms with E-state index in [0.717, 1.165) is 11.1 Å². The van der Waals surface area contributed by atoms with Gasteiger partial charge in [0.05, 0.1) is 11.6 Å². The van der Waals surface area contributed by atoms with Gasteiger partial charge in [0.15, 0.2) is 6.10 Å². The van der Waals surface area contributed by atoms with Gasteiger partial charge in [-0.15, -0.1) is 0 Å². The standard InChI is InChI=1S/C18H18N2O2/c1-12-7-8-17(13(2)9-12)22-14(3)18(21)20-16-6-4-5-15(10-16)11-19/h4-10,14H,1-3H3,(H,20,21). The van der Waals surface area contributed by atoms with Crippen LogP contribution in [0.25, 0.3) is 0 Å². The fraction of sp³-hybridized carbons (Fsp3) is 0.222. The molecular formula is C18H18N2O2. The average molecular weight is 294 g/mol. The summed E-state index contributed by atoms with van der Waals surface area (Å²) in [7, 11) is 0. The predicted octanol–water partition coefficient (Wildman–Crippen LogP) is 3.58. The van der Waals surface area contributed by atoms with E-state index in [1.165, 1.54) is 0 Å². The number of amides is 1. The first kappa shape index (κ1) is 15.6. The normalized spacial score (nSPS) is 11.4. The molecule has 22 heavy (non-hydrogen) atoms. The highest BCUT2D eigenvalue weighted by Crippen LogP contribution is 2.20. The Hall–Kier alpha value is -2.80. The van der Waals surface area contributed by atoms with Crippen molar-refractivity contribution in [3.8, 4) is 11.8 Å². The molecule has 2 aromatic rings. The highest BCUT2D eigenvalue weighted by atomic mass is 16.5. The number of nitrogens with zero attached hydrogens (tertiary/aromatic N) is 1. The molecule has 2 rings (SSSR count). The number of carbonyl (C=O) groups excluding carboxylic acids is 1. The molecule has 0 heterocycles. The molecule has 1 unspecified atom stereocenters. The quantitative estimate of drug-likeness (QED) is 0.937. The van der Waals surface area contributed by atoms with Crippen molar-refractivity contribution < 1.29 is 9.53 Å². The lowest BCUT2D eigenvalue weighted by atomic mass is 10.1. The highest BCUT2D eigenvalue weighted by Gasteiger charge is 2.16. The van der Waals surface area contributed by atoms with Gasteiger partial charge in [0.2, 0.25) is 0 Å². The maximum Gasteiger partial charge on any atom is 0.265 e. The Labute approximate surface area is 130 Å². The monoisotopic (exact) mass is 294 g/mol. The van der Waals surface area contributed by atoms with Gasteiger partial charge in [-0.2, -0.15) is 5.26 Å². The molecule has 0 aliphatic carbocycles. The molecule has 0 bridgehead atoms. The zero-order valence-corrected chi connectivity index (χ0v) is 12.9. The van der Waals surface area contributed by atoms with Crippen LogP contribution in [0, 0.1) is 25.2 Å². The first-order chi connectivity index (χ1) is 10.5. The van der Waals surface area contributed by atoms with Crippen molar-refractivity contribution in [1.29, 1.82) is 5.26 Å². The summed E-state index contributed by atoms with van der Waals surface area (Å²) in [4.78, 5) is 12.2. The molecule has 0 aliphatic rings. The number of rotatable bonds is 4. The van der Waals surface area contributed by atoms with E-state index in [-0.39, 0.29) is 5.91 Å². The summed E-state index contributed by atoms with van der Waals surface area (Å²) in [6.45, 7) is 5.65. The molecule has 0 spiro atoms. The summed E-state index contributed by atoms with van der Waals surface area (Å²) in [6.07, 6.45) is -0.632. The molecule has 0 saturated heterocycles. The van der Waals surface area contributed by atoms with Gasteiger partial charge in [-0.05, 0) is 50.6 Å². The van der Waals surface area contributed by atoms with E-state index in [0.29, 0.717) is 17.0 Å². The minimum atomic E-state index is -0.632. The Balaban J connectivity index is 2.04. The molecule has 1 N–H and O–H groups in total. The lowest BCUT2D eigenvalue weighted by Crippen LogP contribution is -2.30. The fourth-order valence-electron chi connectivity index (χ4n) is 2.09. The molecule has 4 nitrogen and oxygen atoms in total. The third-order valence-corrected chi connectivity index (χ3v) is 3.26. The predicted molar refractivity (Wildman–Crippen MR) is 85.8 cm³/mol. The molecule has 2 aromatic carbocycles. The second-order valence-corrected chi connectivity index (χ2v) is 5.21. The molecule has 0 saturated carbocycles. The topological polar surface area (TPSA) is 62.1 Å². The fourth-order valence-corrected chi connectivity index (χ4v) is 2.09. The molecule has 112 valence electrons. The molecule has 0 aliphatic heterocycles. The number of nitrogens with one attached hydrogen (secondary N) is 1. The van der Waals surface area contributed by atoms with Crippen LogP contribution in [-0.4, -0.2) is 12.0 Å². The van der Waals surface area contributed by atoms with Gasteiger partial charge in [-0.1, -0.05) is 23.8 Å². The number of hydrogen-bond acceptors (Lipinski definition) is 3. The van der Waals surface area contributed by atoms with Crippen molar-refractivity contribution in [2.75, 3.05) is 5.32 Å². The van der Waals surface area contributed by atoms with Crippen LogP contribution in [0.15, 0.2) is 42.5 Å². The average Bonchev–Trinajstić information content (AvgIpc) is 2.50. The van der Waals surface area contributed by atoms with Crippen LogP contribution in [0.5, 0.6) is 5.75 Å². The largest absolute Gasteiger partial charge is 0.481 e. The Morgan fingerprint density at radius 3 is 2.68 bits per heavy atom. The van der Waals surface area contributed by atoms with Crippen molar-refractivity contribution in [1.82, 2.24) is 0 Å². The number of hydrogen-bond donors (Lipinski definition) is 1. The maximum absolute atomic E-state index is 12.2. The summed E-state index contributed by atoms with van der Waals surface area (Å²) >= 11 is 0. The van der Waals surface area contributed by atoms with Crippen molar-refractivity contribution in [3.05, 3.63) is 59.2 Å². The second kappa shape index (κ2) is 6.77. The van der Waals surface area contributed by atoms with E-state index in [1.807, 2.05) is 38.1 Å². The Kier molecular flexibility index (Phi) is 4.80. The van der Waals surface area contributed by atoms with Crippen molar-refractivity contribution in [2.45, 2.75) is 26.9 Å². The van der Waals surface area contributed by atoms with E-state index in [4.69, 9.17) is 10.00 Å². The lowest BCUT2D eigenvalue weighted by Gasteiger charge is -2.16. The molecule has 0 fully saturated rings. The number of aryl methyl sites for hydroxylation is 2. The van der Waals surface area contributed by atoms with Crippen LogP contribution in [-0.2, 0) is 4.79 Å². The SMILES string of the molecule is Cc1ccc(OC(C)C(=O)Nc2cccc(C#N)c2)c(C)c1. The van der Waals surface area contributed by atoms with Crippen molar-refractivity contribution in [3.63, 3.8) is 0 Å². The van der Waals surface area contributed by atoms with Crippen LogP contribution in [0.2, 0.25) is 0 Å². The van der Waals surface area contributed by atoms with Crippen LogP contribution >= 0.6 is 0 Å². The number of benzene rings is 2. The van der Waals surface area contributed by atoms with Gasteiger partial charge < -0.3 is 10.1 Å². The Morgan fingerprint density at radius 1 is 1.23 bits per heavy atom. The van der Waals surface area contributed by atoms with Crippen LogP contribution < -0.4 is 10.1 Å². The Morgan fingerprint density at radius 2 is 2.00 bits per heavy atom. The first-order valence-corrected chi connectivity index (χ1v) is 7.04. The summed E-state index contributed by atoms with van der Waals surface area (Å²) in [5.74, 6) is 0.439. The van der Waals surface area contributed by atoms with Crippen LogP contribution in [0.1, 0.15) is 23.6 Å². The summed E-state index contributed by atoms with van der Waals surface area (Å²) in [5.41, 5.74) is 3.22. The Bertz CT molecular complexity index is 732. The highest BCUT2D eigenvalue weighted by molar-refractivity contribution is 5.94. The third-order valence-electron chi connectivity index (χ3n) is 3.26. The molecule has 1 amide bonds. The molecule has 0 aromatic heterocycles. The molecule has 1 atom stereocenters. The molecule has 4 heteroatoms. The van der Waals surface area contributed by atoms with Gasteiger partial charge in [0.25, 0.3) is 5.91 Å². The van der Waals surface area contributed by atoms with Crippen molar-refractivity contribution in [2.24, 2.45) is 0 Å². The number of nitriles is 1. The summed E-state index contributed by atoms with van der Waals surface area (Å²) < 4.78 is 5.71. The van der Waals surface area contributed by atoms with Gasteiger partial charge in [-0.25, -0.2) is 0 Å². The van der Waals surface area contributed by atoms with Crippen molar-refractivity contribution >= 4 is 11.6 Å². The van der Waals surface area contributed by atoms with E-state index >= 15 is 0 Å². The maximum atomic E-state index is 12.2. The minimum absolute atomic E-state index is 0.255. The zero-order valence-electron chi connectivity index (χ0n) is 12.9. The number of ether oxygens (including phenoxy) is 1. The number of carbonyl (C=O) groups is 1. The summed E-state index contributed by atoms with van der Waals surface area (Å²) in [5, 5.41) is 11.6. The van der Waals surface area contributed by atoms with Crippen LogP contribution in [0.3, 0.4) is 0 Å². The van der Waals surface area contributed by atoms with E-state index in [9.17, 15) is 4.79 Å². The smallest absolute Gasteiger partial charge is 0.265 e. The van der Waals surface area contributed by atoms with Gasteiger partial charge in [0.1, 0.15) is 5.75 Å².